The molecule has 0 radical (unpaired) electrons. The Morgan fingerprint density at radius 2 is 2.17 bits per heavy atom. The maximum Gasteiger partial charge on any atom is 0.362 e. The number of carbonyl (C=O) groups excluding carboxylic acids is 1. The largest absolute Gasteiger partial charge is 0.390 e. The second kappa shape index (κ2) is 8.77. The molecular formula is C16H24N6O7S. The van der Waals surface area contributed by atoms with Crippen LogP contribution in [0.3, 0.4) is 0 Å². The van der Waals surface area contributed by atoms with Crippen molar-refractivity contribution >= 4 is 33.2 Å². The number of nitrogens with two attached hydrogens (primary N) is 1. The Balaban J connectivity index is 1.60. The van der Waals surface area contributed by atoms with Crippen LogP contribution in [-0.4, -0.2) is 69.0 Å². The molecule has 0 aromatic carbocycles. The lowest BCUT2D eigenvalue weighted by molar-refractivity contribution is -0.128. The van der Waals surface area contributed by atoms with Crippen LogP contribution < -0.4 is 10.5 Å². The SMILES string of the molecule is CC(C)C[C@H](O)C(=O)NS(=O)(=O)OC[C@H]1O[C@@H](n2cnc3c(N)ncnc32)C[C@@H]1O. The minimum atomic E-state index is -4.49. The van der Waals surface area contributed by atoms with Crippen molar-refractivity contribution < 1.29 is 32.3 Å². The predicted octanol–water partition coefficient (Wildman–Crippen LogP) is -1.16. The molecule has 0 aliphatic carbocycles. The van der Waals surface area contributed by atoms with E-state index in [9.17, 15) is 23.4 Å². The second-order valence-corrected chi connectivity index (χ2v) is 8.71. The Bertz CT molecular complexity index is 1010. The molecule has 1 saturated heterocycles. The Morgan fingerprint density at radius 1 is 1.43 bits per heavy atom. The molecule has 1 amide bonds. The van der Waals surface area contributed by atoms with Crippen LogP contribution in [0.15, 0.2) is 12.7 Å². The third-order valence-corrected chi connectivity index (χ3v) is 5.41. The molecule has 13 nitrogen and oxygen atoms in total. The van der Waals surface area contributed by atoms with Gasteiger partial charge in [-0.1, -0.05) is 13.8 Å². The highest BCUT2D eigenvalue weighted by Crippen LogP contribution is 2.31. The summed E-state index contributed by atoms with van der Waals surface area (Å²) in [4.78, 5) is 23.8. The van der Waals surface area contributed by atoms with Gasteiger partial charge in [0.15, 0.2) is 11.5 Å². The highest BCUT2D eigenvalue weighted by Gasteiger charge is 2.37. The van der Waals surface area contributed by atoms with Crippen LogP contribution in [0.1, 0.15) is 32.9 Å². The van der Waals surface area contributed by atoms with Gasteiger partial charge in [0.25, 0.3) is 5.91 Å². The van der Waals surface area contributed by atoms with Crippen LogP contribution in [0.25, 0.3) is 11.2 Å². The van der Waals surface area contributed by atoms with E-state index in [0.717, 1.165) is 0 Å². The van der Waals surface area contributed by atoms with E-state index in [1.54, 1.807) is 23.1 Å². The van der Waals surface area contributed by atoms with E-state index in [0.29, 0.717) is 11.2 Å². The van der Waals surface area contributed by atoms with Gasteiger partial charge in [-0.25, -0.2) is 19.7 Å². The molecule has 5 N–H and O–H groups in total. The Morgan fingerprint density at radius 3 is 2.87 bits per heavy atom. The third-order valence-electron chi connectivity index (χ3n) is 4.51. The molecule has 3 heterocycles. The number of nitrogens with one attached hydrogen (secondary N) is 1. The van der Waals surface area contributed by atoms with Gasteiger partial charge in [-0.05, 0) is 12.3 Å². The van der Waals surface area contributed by atoms with E-state index in [1.165, 1.54) is 12.7 Å². The summed E-state index contributed by atoms with van der Waals surface area (Å²) in [5.41, 5.74) is 6.53. The van der Waals surface area contributed by atoms with Crippen LogP contribution in [0.4, 0.5) is 5.82 Å². The lowest BCUT2D eigenvalue weighted by atomic mass is 10.1. The number of nitrogens with zero attached hydrogens (tertiary/aromatic N) is 4. The number of anilines is 1. The Hall–Kier alpha value is -2.39. The molecule has 1 fully saturated rings. The summed E-state index contributed by atoms with van der Waals surface area (Å²) in [6, 6.07) is 0. The summed E-state index contributed by atoms with van der Waals surface area (Å²) in [6.45, 7) is 3.02. The summed E-state index contributed by atoms with van der Waals surface area (Å²) in [5.74, 6) is -0.900. The van der Waals surface area contributed by atoms with Crippen molar-refractivity contribution in [2.45, 2.75) is 51.2 Å². The topological polar surface area (TPSA) is 192 Å². The molecular weight excluding hydrogens is 420 g/mol. The van der Waals surface area contributed by atoms with Crippen LogP contribution >= 0.6 is 0 Å². The normalized spacial score (nSPS) is 23.2. The quantitative estimate of drug-likeness (QED) is 0.384. The molecule has 2 aromatic rings. The number of ether oxygens (including phenoxy) is 1. The lowest BCUT2D eigenvalue weighted by Gasteiger charge is -2.17. The number of fused-ring (bicyclic) bond motifs is 1. The number of nitrogen functional groups attached to an aromatic ring is 1. The van der Waals surface area contributed by atoms with Crippen molar-refractivity contribution in [2.24, 2.45) is 5.92 Å². The number of aliphatic hydroxyl groups excluding tert-OH is 2. The van der Waals surface area contributed by atoms with E-state index >= 15 is 0 Å². The molecule has 2 aromatic heterocycles. The fraction of sp³-hybridized carbons (Fsp3) is 0.625. The van der Waals surface area contributed by atoms with E-state index < -0.39 is 47.4 Å². The zero-order valence-electron chi connectivity index (χ0n) is 16.4. The zero-order valence-corrected chi connectivity index (χ0v) is 17.2. The van der Waals surface area contributed by atoms with Crippen molar-refractivity contribution in [1.82, 2.24) is 24.2 Å². The summed E-state index contributed by atoms with van der Waals surface area (Å²) < 4.78 is 37.6. The highest BCUT2D eigenvalue weighted by molar-refractivity contribution is 7.85. The number of aromatic nitrogens is 4. The molecule has 4 atom stereocenters. The Kier molecular flexibility index (Phi) is 6.52. The van der Waals surface area contributed by atoms with Crippen LogP contribution in [0, 0.1) is 5.92 Å². The summed E-state index contributed by atoms with van der Waals surface area (Å²) >= 11 is 0. The highest BCUT2D eigenvalue weighted by atomic mass is 32.2. The number of amides is 1. The number of imidazole rings is 1. The van der Waals surface area contributed by atoms with Crippen molar-refractivity contribution in [3.63, 3.8) is 0 Å². The van der Waals surface area contributed by atoms with Gasteiger partial charge >= 0.3 is 10.3 Å². The average Bonchev–Trinajstić information content (AvgIpc) is 3.23. The van der Waals surface area contributed by atoms with Crippen LogP contribution in [0.5, 0.6) is 0 Å². The van der Waals surface area contributed by atoms with Crippen LogP contribution in [0.2, 0.25) is 0 Å². The molecule has 0 unspecified atom stereocenters. The van der Waals surface area contributed by atoms with Gasteiger partial charge in [-0.15, -0.1) is 0 Å². The Labute approximate surface area is 172 Å². The first-order valence-corrected chi connectivity index (χ1v) is 10.6. The fourth-order valence-electron chi connectivity index (χ4n) is 3.05. The zero-order chi connectivity index (χ0) is 22.1. The number of hydrogen-bond acceptors (Lipinski definition) is 11. The minimum Gasteiger partial charge on any atom is -0.390 e. The maximum absolute atomic E-state index is 12.0. The molecule has 3 rings (SSSR count). The van der Waals surface area contributed by atoms with E-state index in [2.05, 4.69) is 15.0 Å². The number of aliphatic hydroxyl groups is 2. The molecule has 0 bridgehead atoms. The molecule has 30 heavy (non-hydrogen) atoms. The first-order chi connectivity index (χ1) is 14.1. The monoisotopic (exact) mass is 444 g/mol. The van der Waals surface area contributed by atoms with Crippen LogP contribution in [-0.2, 0) is 24.0 Å². The van der Waals surface area contributed by atoms with E-state index in [-0.39, 0.29) is 24.6 Å². The molecule has 166 valence electrons. The van der Waals surface area contributed by atoms with Gasteiger partial charge < -0.3 is 20.7 Å². The van der Waals surface area contributed by atoms with Crippen molar-refractivity contribution in [1.29, 1.82) is 0 Å². The third kappa shape index (κ3) is 5.02. The van der Waals surface area contributed by atoms with Gasteiger partial charge in [0, 0.05) is 6.42 Å². The summed E-state index contributed by atoms with van der Waals surface area (Å²) in [7, 11) is -4.49. The van der Waals surface area contributed by atoms with Crippen molar-refractivity contribution in [3.8, 4) is 0 Å². The van der Waals surface area contributed by atoms with Gasteiger partial charge in [0.1, 0.15) is 30.3 Å². The van der Waals surface area contributed by atoms with E-state index in [1.807, 2.05) is 0 Å². The first kappa shape index (κ1) is 22.3. The summed E-state index contributed by atoms with van der Waals surface area (Å²) in [6.07, 6.45) is -1.26. The molecule has 0 saturated carbocycles. The van der Waals surface area contributed by atoms with Gasteiger partial charge in [0.05, 0.1) is 19.0 Å². The standard InChI is InChI=1S/C16H24N6O7S/c1-8(2)3-10(24)16(25)21-30(26,27)28-5-11-9(23)4-12(29-11)22-7-20-13-14(17)18-6-19-15(13)22/h6-12,23-24H,3-5H2,1-2H3,(H,21,25)(H2,17,18,19)/t9-,10-,11+,12+/m0/s1. The first-order valence-electron chi connectivity index (χ1n) is 9.23. The number of hydrogen-bond donors (Lipinski definition) is 4. The van der Waals surface area contributed by atoms with Gasteiger partial charge in [-0.2, -0.15) is 8.42 Å². The number of carbonyl (C=O) groups is 1. The number of rotatable bonds is 8. The predicted molar refractivity (Wildman–Crippen MR) is 103 cm³/mol. The fourth-order valence-corrected chi connectivity index (χ4v) is 3.80. The van der Waals surface area contributed by atoms with Gasteiger partial charge in [-0.3, -0.25) is 13.5 Å². The summed E-state index contributed by atoms with van der Waals surface area (Å²) in [5, 5.41) is 19.9. The molecule has 1 aliphatic rings. The molecule has 0 spiro atoms. The van der Waals surface area contributed by atoms with Crippen molar-refractivity contribution in [2.75, 3.05) is 12.3 Å². The van der Waals surface area contributed by atoms with Crippen molar-refractivity contribution in [3.05, 3.63) is 12.7 Å². The van der Waals surface area contributed by atoms with Gasteiger partial charge in [0.2, 0.25) is 0 Å². The smallest absolute Gasteiger partial charge is 0.362 e. The molecule has 1 aliphatic heterocycles. The minimum absolute atomic E-state index is 0.00628. The maximum atomic E-state index is 12.0. The average molecular weight is 444 g/mol. The lowest BCUT2D eigenvalue weighted by Crippen LogP contribution is -2.41. The van der Waals surface area contributed by atoms with E-state index in [4.69, 9.17) is 14.7 Å². The molecule has 14 heteroatoms. The second-order valence-electron chi connectivity index (χ2n) is 7.37.